The average Bonchev–Trinajstić information content (AvgIpc) is 2.28. The fourth-order valence-corrected chi connectivity index (χ4v) is 0.394. The van der Waals surface area contributed by atoms with E-state index in [1.54, 1.807) is 6.92 Å². The van der Waals surface area contributed by atoms with Crippen molar-refractivity contribution in [1.29, 1.82) is 0 Å². The quantitative estimate of drug-likeness (QED) is 0.518. The zero-order valence-corrected chi connectivity index (χ0v) is 11.1. The molecule has 0 heterocycles. The molecule has 3 heteroatoms. The number of carbonyl (C=O) groups excluding carboxylic acids is 2. The highest BCUT2D eigenvalue weighted by Gasteiger charge is 1.87. The van der Waals surface area contributed by atoms with Crippen LogP contribution in [-0.2, 0) is 14.3 Å². The van der Waals surface area contributed by atoms with E-state index in [2.05, 4.69) is 18.6 Å². The van der Waals surface area contributed by atoms with Crippen molar-refractivity contribution < 1.29 is 14.3 Å². The van der Waals surface area contributed by atoms with Crippen LogP contribution in [0.25, 0.3) is 0 Å². The first-order valence-electron chi connectivity index (χ1n) is 5.62. The van der Waals surface area contributed by atoms with Crippen molar-refractivity contribution in [2.45, 2.75) is 105 Å². The average molecular weight is 315 g/mol. The lowest BCUT2D eigenvalue weighted by Gasteiger charge is -1.87. The fourth-order valence-electron chi connectivity index (χ4n) is 0.394. The van der Waals surface area contributed by atoms with Crippen LogP contribution in [-0.4, -0.2) is 18.9 Å². The van der Waals surface area contributed by atoms with Crippen LogP contribution in [0.2, 0.25) is 0 Å². The number of Topliss-reactive ketones (excluding diaryl/α,β-unsaturated/α-hetero) is 1. The third-order valence-electron chi connectivity index (χ3n) is 1.31. The van der Waals surface area contributed by atoms with Gasteiger partial charge in [0.05, 0.1) is 7.11 Å². The lowest BCUT2D eigenvalue weighted by Crippen LogP contribution is -1.94. The number of hydrogen-bond acceptors (Lipinski definition) is 3. The van der Waals surface area contributed by atoms with Gasteiger partial charge >= 0.3 is 5.97 Å². The normalized spacial score (nSPS) is 5.43. The van der Waals surface area contributed by atoms with E-state index < -0.39 is 0 Å². The van der Waals surface area contributed by atoms with Crippen molar-refractivity contribution in [3.05, 3.63) is 0 Å². The largest absolute Gasteiger partial charge is 0.469 e. The fraction of sp³-hybridized carbons (Fsp3) is 0.889. The Bertz CT molecular complexity index is 115. The van der Waals surface area contributed by atoms with Gasteiger partial charge in [-0.25, -0.2) is 0 Å². The standard InChI is InChI=1S/C5H10O.C4H8O2.C3H8.6CH4/c1-3-5(6)4-2;1-3-4(5)6-2;1-3-2;;;;;;/h3-4H2,1-2H3;3H2,1-2H3;3H2,1-2H3;6*1H4. The van der Waals surface area contributed by atoms with Crippen LogP contribution in [0, 0.1) is 0 Å². The van der Waals surface area contributed by atoms with Crippen molar-refractivity contribution in [2.24, 2.45) is 0 Å². The molecule has 0 aromatic carbocycles. The molecule has 0 aromatic heterocycles. The summed E-state index contributed by atoms with van der Waals surface area (Å²) in [5.41, 5.74) is 0. The van der Waals surface area contributed by atoms with Crippen LogP contribution in [0.3, 0.4) is 0 Å². The third-order valence-corrected chi connectivity index (χ3v) is 1.31. The molecular formula is C18H50O3. The van der Waals surface area contributed by atoms with Gasteiger partial charge in [-0.05, 0) is 0 Å². The summed E-state index contributed by atoms with van der Waals surface area (Å²) in [7, 11) is 1.38. The number of hydrogen-bond donors (Lipinski definition) is 0. The Hall–Kier alpha value is -0.860. The van der Waals surface area contributed by atoms with Crippen LogP contribution in [0.15, 0.2) is 0 Å². The highest BCUT2D eigenvalue weighted by Crippen LogP contribution is 1.83. The molecule has 0 bridgehead atoms. The minimum atomic E-state index is -0.157. The second kappa shape index (κ2) is 61.3. The van der Waals surface area contributed by atoms with E-state index in [1.165, 1.54) is 13.5 Å². The van der Waals surface area contributed by atoms with Gasteiger partial charge in [0, 0.05) is 19.3 Å². The van der Waals surface area contributed by atoms with E-state index in [1.807, 2.05) is 13.8 Å². The first kappa shape index (κ1) is 59.5. The Morgan fingerprint density at radius 3 is 0.905 bits per heavy atom. The summed E-state index contributed by atoms with van der Waals surface area (Å²) in [5.74, 6) is 0.185. The first-order chi connectivity index (χ1) is 7.03. The van der Waals surface area contributed by atoms with Gasteiger partial charge in [-0.3, -0.25) is 9.59 Å². The maximum absolute atomic E-state index is 10.2. The lowest BCUT2D eigenvalue weighted by molar-refractivity contribution is -0.140. The van der Waals surface area contributed by atoms with Gasteiger partial charge in [0.1, 0.15) is 5.78 Å². The molecule has 0 atom stereocenters. The van der Waals surface area contributed by atoms with Gasteiger partial charge < -0.3 is 4.74 Å². The van der Waals surface area contributed by atoms with Gasteiger partial charge in [-0.2, -0.15) is 0 Å². The number of methoxy groups -OCH3 is 1. The summed E-state index contributed by atoms with van der Waals surface area (Å²) in [6, 6.07) is 0. The minimum absolute atomic E-state index is 0. The SMILES string of the molecule is C.C.C.C.C.C.CCC.CCC(=O)CC.CCC(=O)OC. The van der Waals surface area contributed by atoms with Crippen molar-refractivity contribution >= 4 is 11.8 Å². The summed E-state index contributed by atoms with van der Waals surface area (Å²) in [6.07, 6.45) is 3.10. The highest BCUT2D eigenvalue weighted by atomic mass is 16.5. The number of ether oxygens (including phenoxy) is 1. The van der Waals surface area contributed by atoms with Gasteiger partial charge in [-0.15, -0.1) is 0 Å². The minimum Gasteiger partial charge on any atom is -0.469 e. The molecule has 0 aliphatic carbocycles. The van der Waals surface area contributed by atoms with Gasteiger partial charge in [0.2, 0.25) is 0 Å². The van der Waals surface area contributed by atoms with Crippen LogP contribution in [0.4, 0.5) is 0 Å². The molecule has 0 spiro atoms. The number of rotatable bonds is 3. The molecule has 0 radical (unpaired) electrons. The Kier molecular flexibility index (Phi) is 173. The second-order valence-corrected chi connectivity index (χ2v) is 2.88. The molecule has 0 aliphatic rings. The number of esters is 1. The van der Waals surface area contributed by atoms with Crippen LogP contribution >= 0.6 is 0 Å². The summed E-state index contributed by atoms with van der Waals surface area (Å²) >= 11 is 0. The first-order valence-corrected chi connectivity index (χ1v) is 5.62. The van der Waals surface area contributed by atoms with Crippen molar-refractivity contribution in [3.63, 3.8) is 0 Å². The Labute approximate surface area is 138 Å². The molecule has 0 saturated heterocycles. The third kappa shape index (κ3) is 110. The topological polar surface area (TPSA) is 43.4 Å². The Balaban J connectivity index is -0.0000000133. The monoisotopic (exact) mass is 314 g/mol. The zero-order chi connectivity index (χ0) is 12.7. The van der Waals surface area contributed by atoms with Crippen LogP contribution in [0.5, 0.6) is 0 Å². The maximum Gasteiger partial charge on any atom is 0.305 e. The van der Waals surface area contributed by atoms with Crippen molar-refractivity contribution in [1.82, 2.24) is 0 Å². The summed E-state index contributed by atoms with van der Waals surface area (Å²) in [6.45, 7) is 9.77. The molecule has 140 valence electrons. The van der Waals surface area contributed by atoms with Gasteiger partial charge in [0.15, 0.2) is 0 Å². The molecule has 3 nitrogen and oxygen atoms in total. The number of carbonyl (C=O) groups is 2. The smallest absolute Gasteiger partial charge is 0.305 e. The Morgan fingerprint density at radius 1 is 0.667 bits per heavy atom. The van der Waals surface area contributed by atoms with E-state index in [4.69, 9.17) is 0 Å². The maximum atomic E-state index is 10.2. The molecule has 21 heavy (non-hydrogen) atoms. The van der Waals surface area contributed by atoms with Crippen molar-refractivity contribution in [2.75, 3.05) is 7.11 Å². The molecule has 0 rings (SSSR count). The molecule has 0 aromatic rings. The van der Waals surface area contributed by atoms with E-state index in [0.29, 0.717) is 25.0 Å². The predicted octanol–water partition coefficient (Wildman–Crippen LogP) is 7.18. The zero-order valence-electron chi connectivity index (χ0n) is 11.1. The molecule has 0 saturated carbocycles. The molecular weight excluding hydrogens is 264 g/mol. The van der Waals surface area contributed by atoms with Crippen molar-refractivity contribution in [3.8, 4) is 0 Å². The number of ketones is 1. The van der Waals surface area contributed by atoms with E-state index >= 15 is 0 Å². The summed E-state index contributed by atoms with van der Waals surface area (Å²) in [5, 5.41) is 0. The van der Waals surface area contributed by atoms with Crippen LogP contribution in [0.1, 0.15) is 105 Å². The highest BCUT2D eigenvalue weighted by molar-refractivity contribution is 5.77. The molecule has 0 unspecified atom stereocenters. The van der Waals surface area contributed by atoms with Gasteiger partial charge in [-0.1, -0.05) is 85.6 Å². The van der Waals surface area contributed by atoms with E-state index in [0.717, 1.165) is 0 Å². The lowest BCUT2D eigenvalue weighted by atomic mass is 10.3. The second-order valence-electron chi connectivity index (χ2n) is 2.88. The van der Waals surface area contributed by atoms with E-state index in [-0.39, 0.29) is 50.5 Å². The van der Waals surface area contributed by atoms with Gasteiger partial charge in [0.25, 0.3) is 0 Å². The van der Waals surface area contributed by atoms with Crippen LogP contribution < -0.4 is 0 Å². The molecule has 0 aliphatic heterocycles. The summed E-state index contributed by atoms with van der Waals surface area (Å²) < 4.78 is 4.26. The summed E-state index contributed by atoms with van der Waals surface area (Å²) in [4.78, 5) is 20.1. The predicted molar refractivity (Wildman–Crippen MR) is 104 cm³/mol. The Morgan fingerprint density at radius 2 is 0.905 bits per heavy atom. The molecule has 0 N–H and O–H groups in total. The van der Waals surface area contributed by atoms with E-state index in [9.17, 15) is 9.59 Å². The molecule has 0 amide bonds. The molecule has 0 fully saturated rings.